The average molecular weight is 272 g/mol. The molecule has 2 aromatic carbocycles. The summed E-state index contributed by atoms with van der Waals surface area (Å²) in [6.07, 6.45) is 0. The Hall–Kier alpha value is -2.74. The maximum absolute atomic E-state index is 13.2. The van der Waals surface area contributed by atoms with Crippen LogP contribution in [0, 0.1) is 17.1 Å². The van der Waals surface area contributed by atoms with Crippen molar-refractivity contribution in [2.75, 3.05) is 12.4 Å². The number of phenolic OH excluding ortho intramolecular Hbond substituents is 1. The number of ether oxygens (including phenoxy) is 1. The number of hydrogen-bond acceptors (Lipinski definition) is 4. The molecule has 4 nitrogen and oxygen atoms in total. The van der Waals surface area contributed by atoms with Crippen molar-refractivity contribution in [1.29, 1.82) is 5.26 Å². The highest BCUT2D eigenvalue weighted by Crippen LogP contribution is 2.28. The Kier molecular flexibility index (Phi) is 4.06. The van der Waals surface area contributed by atoms with Gasteiger partial charge in [0.2, 0.25) is 0 Å². The number of aromatic hydroxyl groups is 1. The molecular formula is C15H13FN2O2. The second-order valence-corrected chi connectivity index (χ2v) is 4.13. The zero-order chi connectivity index (χ0) is 14.5. The lowest BCUT2D eigenvalue weighted by Crippen LogP contribution is -2.03. The van der Waals surface area contributed by atoms with E-state index < -0.39 is 5.82 Å². The molecule has 0 aliphatic rings. The number of benzene rings is 2. The van der Waals surface area contributed by atoms with E-state index in [1.165, 1.54) is 19.2 Å². The molecule has 0 spiro atoms. The van der Waals surface area contributed by atoms with E-state index in [0.29, 0.717) is 29.1 Å². The van der Waals surface area contributed by atoms with E-state index in [4.69, 9.17) is 15.1 Å². The molecule has 0 aromatic heterocycles. The van der Waals surface area contributed by atoms with Crippen LogP contribution in [-0.4, -0.2) is 12.2 Å². The second kappa shape index (κ2) is 5.93. The molecule has 0 heterocycles. The van der Waals surface area contributed by atoms with E-state index in [9.17, 15) is 4.39 Å². The normalized spacial score (nSPS) is 9.85. The zero-order valence-corrected chi connectivity index (χ0v) is 10.9. The summed E-state index contributed by atoms with van der Waals surface area (Å²) in [7, 11) is 1.52. The maximum Gasteiger partial charge on any atom is 0.165 e. The molecule has 0 atom stereocenters. The van der Waals surface area contributed by atoms with Crippen LogP contribution in [0.3, 0.4) is 0 Å². The van der Waals surface area contributed by atoms with Gasteiger partial charge >= 0.3 is 0 Å². The van der Waals surface area contributed by atoms with Crippen LogP contribution in [0.5, 0.6) is 11.5 Å². The Labute approximate surface area is 116 Å². The summed E-state index contributed by atoms with van der Waals surface area (Å²) in [5.41, 5.74) is 1.66. The van der Waals surface area contributed by atoms with Gasteiger partial charge in [-0.05, 0) is 29.8 Å². The maximum atomic E-state index is 13.2. The Morgan fingerprint density at radius 3 is 2.80 bits per heavy atom. The first-order valence-electron chi connectivity index (χ1n) is 5.94. The van der Waals surface area contributed by atoms with Crippen LogP contribution in [0.2, 0.25) is 0 Å². The topological polar surface area (TPSA) is 65.3 Å². The van der Waals surface area contributed by atoms with Crippen LogP contribution in [0.15, 0.2) is 36.4 Å². The van der Waals surface area contributed by atoms with Crippen molar-refractivity contribution in [3.8, 4) is 17.6 Å². The van der Waals surface area contributed by atoms with Crippen LogP contribution in [-0.2, 0) is 6.54 Å². The summed E-state index contributed by atoms with van der Waals surface area (Å²) in [6.45, 7) is 0.312. The summed E-state index contributed by atoms with van der Waals surface area (Å²) in [5, 5.41) is 21.3. The Balaban J connectivity index is 2.22. The molecular weight excluding hydrogens is 259 g/mol. The third kappa shape index (κ3) is 2.81. The lowest BCUT2D eigenvalue weighted by molar-refractivity contribution is 0.416. The molecule has 20 heavy (non-hydrogen) atoms. The van der Waals surface area contributed by atoms with E-state index >= 15 is 0 Å². The number of nitriles is 1. The summed E-state index contributed by atoms with van der Waals surface area (Å²) in [4.78, 5) is 0. The lowest BCUT2D eigenvalue weighted by Gasteiger charge is -2.12. The van der Waals surface area contributed by atoms with E-state index in [1.54, 1.807) is 24.3 Å². The number of nitrogens with one attached hydrogen (secondary N) is 1. The minimum atomic E-state index is -0.676. The molecule has 0 fully saturated rings. The van der Waals surface area contributed by atoms with E-state index in [2.05, 4.69) is 11.4 Å². The highest BCUT2D eigenvalue weighted by molar-refractivity contribution is 5.66. The first-order valence-corrected chi connectivity index (χ1v) is 5.94. The second-order valence-electron chi connectivity index (χ2n) is 4.13. The quantitative estimate of drug-likeness (QED) is 0.898. The van der Waals surface area contributed by atoms with Gasteiger partial charge in [0.05, 0.1) is 18.4 Å². The molecule has 0 bridgehead atoms. The number of methoxy groups -OCH3 is 1. The van der Waals surface area contributed by atoms with Gasteiger partial charge in [0, 0.05) is 6.54 Å². The van der Waals surface area contributed by atoms with Gasteiger partial charge in [0.15, 0.2) is 11.6 Å². The van der Waals surface area contributed by atoms with Gasteiger partial charge in [-0.25, -0.2) is 4.39 Å². The van der Waals surface area contributed by atoms with Crippen molar-refractivity contribution in [3.05, 3.63) is 53.3 Å². The summed E-state index contributed by atoms with van der Waals surface area (Å²) in [6, 6.07) is 11.3. The zero-order valence-electron chi connectivity index (χ0n) is 10.9. The van der Waals surface area contributed by atoms with Gasteiger partial charge in [-0.1, -0.05) is 12.1 Å². The Morgan fingerprint density at radius 1 is 1.35 bits per heavy atom. The minimum Gasteiger partial charge on any atom is -0.505 e. The number of rotatable bonds is 4. The molecule has 0 radical (unpaired) electrons. The fourth-order valence-electron chi connectivity index (χ4n) is 1.83. The number of para-hydroxylation sites is 1. The third-order valence-electron chi connectivity index (χ3n) is 2.85. The Bertz CT molecular complexity index is 665. The van der Waals surface area contributed by atoms with Gasteiger partial charge in [-0.2, -0.15) is 5.26 Å². The predicted octanol–water partition coefficient (Wildman–Crippen LogP) is 3.02. The van der Waals surface area contributed by atoms with E-state index in [0.717, 1.165) is 0 Å². The summed E-state index contributed by atoms with van der Waals surface area (Å²) >= 11 is 0. The minimum absolute atomic E-state index is 0.312. The van der Waals surface area contributed by atoms with Gasteiger partial charge in [0.1, 0.15) is 11.8 Å². The molecule has 2 aromatic rings. The van der Waals surface area contributed by atoms with Crippen LogP contribution in [0.4, 0.5) is 10.1 Å². The number of phenols is 1. The van der Waals surface area contributed by atoms with Crippen molar-refractivity contribution >= 4 is 5.69 Å². The van der Waals surface area contributed by atoms with Crippen molar-refractivity contribution in [1.82, 2.24) is 0 Å². The number of anilines is 1. The molecule has 0 aliphatic heterocycles. The molecule has 2 N–H and O–H groups in total. The van der Waals surface area contributed by atoms with E-state index in [-0.39, 0.29) is 5.75 Å². The number of halogens is 1. The van der Waals surface area contributed by atoms with Crippen molar-refractivity contribution < 1.29 is 14.2 Å². The van der Waals surface area contributed by atoms with Crippen molar-refractivity contribution in [2.24, 2.45) is 0 Å². The molecule has 0 saturated heterocycles. The Morgan fingerprint density at radius 2 is 2.15 bits per heavy atom. The number of nitrogens with zero attached hydrogens (tertiary/aromatic N) is 1. The van der Waals surface area contributed by atoms with Crippen molar-refractivity contribution in [3.63, 3.8) is 0 Å². The summed E-state index contributed by atoms with van der Waals surface area (Å²) in [5.74, 6) is -0.517. The van der Waals surface area contributed by atoms with Gasteiger partial charge in [0.25, 0.3) is 0 Å². The molecule has 0 saturated carbocycles. The van der Waals surface area contributed by atoms with Crippen molar-refractivity contribution in [2.45, 2.75) is 6.54 Å². The standard InChI is InChI=1S/C15H13FN2O2/c1-20-14-4-2-3-11(8-17)15(14)18-9-10-5-6-13(19)12(16)7-10/h2-7,18-19H,9H2,1H3. The molecule has 0 unspecified atom stereocenters. The summed E-state index contributed by atoms with van der Waals surface area (Å²) < 4.78 is 18.4. The first kappa shape index (κ1) is 13.7. The molecule has 0 amide bonds. The smallest absolute Gasteiger partial charge is 0.165 e. The van der Waals surface area contributed by atoms with Crippen LogP contribution >= 0.6 is 0 Å². The third-order valence-corrected chi connectivity index (χ3v) is 2.85. The highest BCUT2D eigenvalue weighted by atomic mass is 19.1. The predicted molar refractivity (Wildman–Crippen MR) is 73.1 cm³/mol. The molecule has 2 rings (SSSR count). The largest absolute Gasteiger partial charge is 0.505 e. The van der Waals surface area contributed by atoms with Crippen LogP contribution in [0.25, 0.3) is 0 Å². The SMILES string of the molecule is COc1cccc(C#N)c1NCc1ccc(O)c(F)c1. The van der Waals surface area contributed by atoms with Crippen LogP contribution in [0.1, 0.15) is 11.1 Å². The van der Waals surface area contributed by atoms with Gasteiger partial charge < -0.3 is 15.2 Å². The molecule has 102 valence electrons. The monoisotopic (exact) mass is 272 g/mol. The lowest BCUT2D eigenvalue weighted by atomic mass is 10.1. The average Bonchev–Trinajstić information content (AvgIpc) is 2.48. The highest BCUT2D eigenvalue weighted by Gasteiger charge is 2.09. The fourth-order valence-corrected chi connectivity index (χ4v) is 1.83. The molecule has 5 heteroatoms. The van der Waals surface area contributed by atoms with Crippen LogP contribution < -0.4 is 10.1 Å². The van der Waals surface area contributed by atoms with Gasteiger partial charge in [-0.3, -0.25) is 0 Å². The fraction of sp³-hybridized carbons (Fsp3) is 0.133. The molecule has 0 aliphatic carbocycles. The van der Waals surface area contributed by atoms with E-state index in [1.807, 2.05) is 0 Å². The number of hydrogen-bond donors (Lipinski definition) is 2. The first-order chi connectivity index (χ1) is 9.65. The van der Waals surface area contributed by atoms with Gasteiger partial charge in [-0.15, -0.1) is 0 Å².